The summed E-state index contributed by atoms with van der Waals surface area (Å²) in [5.41, 5.74) is 3.16. The lowest BCUT2D eigenvalue weighted by Crippen LogP contribution is -2.40. The molecule has 3 rings (SSSR count). The molecular weight excluding hydrogens is 236 g/mol. The highest BCUT2D eigenvalue weighted by atomic mass is 16.1. The Bertz CT molecular complexity index is 609. The molecule has 1 fully saturated rings. The molecule has 0 radical (unpaired) electrons. The number of nitrogens with zero attached hydrogens (tertiary/aromatic N) is 2. The summed E-state index contributed by atoms with van der Waals surface area (Å²) in [6.45, 7) is 2.96. The second kappa shape index (κ2) is 5.00. The zero-order chi connectivity index (χ0) is 13.2. The molecule has 1 aromatic carbocycles. The Balaban J connectivity index is 2.15. The molecule has 1 unspecified atom stereocenters. The number of aldehydes is 1. The van der Waals surface area contributed by atoms with Crippen molar-refractivity contribution in [1.29, 1.82) is 0 Å². The second-order valence-electron chi connectivity index (χ2n) is 5.19. The van der Waals surface area contributed by atoms with Gasteiger partial charge in [0.2, 0.25) is 0 Å². The molecule has 0 N–H and O–H groups in total. The molecule has 19 heavy (non-hydrogen) atoms. The highest BCUT2D eigenvalue weighted by molar-refractivity contribution is 5.93. The number of anilines is 1. The normalized spacial score (nSPS) is 19.6. The monoisotopic (exact) mass is 254 g/mol. The van der Waals surface area contributed by atoms with Crippen molar-refractivity contribution in [3.8, 4) is 0 Å². The maximum absolute atomic E-state index is 11.3. The Labute approximate surface area is 113 Å². The van der Waals surface area contributed by atoms with Crippen molar-refractivity contribution in [2.24, 2.45) is 0 Å². The smallest absolute Gasteiger partial charge is 0.142 e. The van der Waals surface area contributed by atoms with E-state index in [-0.39, 0.29) is 6.04 Å². The zero-order valence-corrected chi connectivity index (χ0v) is 11.2. The predicted octanol–water partition coefficient (Wildman–Crippen LogP) is 3.10. The molecule has 1 aliphatic heterocycles. The summed E-state index contributed by atoms with van der Waals surface area (Å²) in [4.78, 5) is 18.1. The summed E-state index contributed by atoms with van der Waals surface area (Å²) in [6, 6.07) is 10.3. The van der Waals surface area contributed by atoms with Crippen LogP contribution in [0.1, 0.15) is 25.0 Å². The molecule has 0 aliphatic carbocycles. The quantitative estimate of drug-likeness (QED) is 0.772. The van der Waals surface area contributed by atoms with E-state index in [0.717, 1.165) is 54.4 Å². The molecule has 0 amide bonds. The lowest BCUT2D eigenvalue weighted by atomic mass is 10.0. The summed E-state index contributed by atoms with van der Waals surface area (Å²) in [6.07, 6.45) is 4.34. The molecular formula is C16H18N2O. The molecule has 98 valence electrons. The van der Waals surface area contributed by atoms with Crippen LogP contribution in [-0.2, 0) is 4.79 Å². The fourth-order valence-corrected chi connectivity index (χ4v) is 2.92. The number of piperidine rings is 1. The maximum atomic E-state index is 11.3. The number of benzene rings is 1. The molecule has 0 saturated carbocycles. The first-order valence-electron chi connectivity index (χ1n) is 6.88. The van der Waals surface area contributed by atoms with Gasteiger partial charge in [-0.2, -0.15) is 0 Å². The molecule has 3 heteroatoms. The van der Waals surface area contributed by atoms with Crippen LogP contribution in [0.15, 0.2) is 30.3 Å². The number of carbonyl (C=O) groups excluding carboxylic acids is 1. The number of aromatic nitrogens is 1. The molecule has 2 aromatic rings. The molecule has 1 aliphatic rings. The highest BCUT2D eigenvalue weighted by Crippen LogP contribution is 2.31. The van der Waals surface area contributed by atoms with E-state index in [1.165, 1.54) is 0 Å². The van der Waals surface area contributed by atoms with Gasteiger partial charge >= 0.3 is 0 Å². The predicted molar refractivity (Wildman–Crippen MR) is 77.5 cm³/mol. The van der Waals surface area contributed by atoms with Crippen LogP contribution >= 0.6 is 0 Å². The third-order valence-corrected chi connectivity index (χ3v) is 3.84. The van der Waals surface area contributed by atoms with Crippen LogP contribution < -0.4 is 4.90 Å². The van der Waals surface area contributed by atoms with E-state index in [1.54, 1.807) is 0 Å². The van der Waals surface area contributed by atoms with E-state index in [1.807, 2.05) is 25.1 Å². The van der Waals surface area contributed by atoms with Crippen molar-refractivity contribution < 1.29 is 4.79 Å². The molecule has 0 spiro atoms. The van der Waals surface area contributed by atoms with Gasteiger partial charge in [0.15, 0.2) is 0 Å². The second-order valence-corrected chi connectivity index (χ2v) is 5.19. The number of fused-ring (bicyclic) bond motifs is 1. The fourth-order valence-electron chi connectivity index (χ4n) is 2.92. The minimum atomic E-state index is 0.0129. The van der Waals surface area contributed by atoms with Gasteiger partial charge in [0.25, 0.3) is 0 Å². The molecule has 3 nitrogen and oxygen atoms in total. The number of rotatable bonds is 2. The van der Waals surface area contributed by atoms with E-state index in [4.69, 9.17) is 0 Å². The first-order valence-corrected chi connectivity index (χ1v) is 6.88. The van der Waals surface area contributed by atoms with Crippen LogP contribution in [0.25, 0.3) is 10.9 Å². The van der Waals surface area contributed by atoms with Crippen molar-refractivity contribution in [1.82, 2.24) is 4.98 Å². The molecule has 1 atom stereocenters. The van der Waals surface area contributed by atoms with E-state index < -0.39 is 0 Å². The number of hydrogen-bond donors (Lipinski definition) is 0. The van der Waals surface area contributed by atoms with Crippen LogP contribution in [0.2, 0.25) is 0 Å². The Morgan fingerprint density at radius 1 is 1.32 bits per heavy atom. The summed E-state index contributed by atoms with van der Waals surface area (Å²) in [5, 5.41) is 1.14. The van der Waals surface area contributed by atoms with Gasteiger partial charge in [0.05, 0.1) is 11.6 Å². The Kier molecular flexibility index (Phi) is 3.20. The number of carbonyl (C=O) groups is 1. The number of para-hydroxylation sites is 1. The van der Waals surface area contributed by atoms with Gasteiger partial charge in [0, 0.05) is 23.3 Å². The molecule has 1 saturated heterocycles. The average molecular weight is 254 g/mol. The maximum Gasteiger partial charge on any atom is 0.142 e. The summed E-state index contributed by atoms with van der Waals surface area (Å²) in [5.74, 6) is 0. The van der Waals surface area contributed by atoms with Crippen LogP contribution in [0.5, 0.6) is 0 Å². The zero-order valence-electron chi connectivity index (χ0n) is 11.2. The topological polar surface area (TPSA) is 33.2 Å². The van der Waals surface area contributed by atoms with Gasteiger partial charge < -0.3 is 9.69 Å². The van der Waals surface area contributed by atoms with Crippen LogP contribution in [0.3, 0.4) is 0 Å². The average Bonchev–Trinajstić information content (AvgIpc) is 2.46. The van der Waals surface area contributed by atoms with Gasteiger partial charge in [0.1, 0.15) is 6.29 Å². The van der Waals surface area contributed by atoms with E-state index in [9.17, 15) is 4.79 Å². The largest absolute Gasteiger partial charge is 0.361 e. The van der Waals surface area contributed by atoms with E-state index >= 15 is 0 Å². The first kappa shape index (κ1) is 12.2. The Morgan fingerprint density at radius 3 is 3.00 bits per heavy atom. The highest BCUT2D eigenvalue weighted by Gasteiger charge is 2.23. The van der Waals surface area contributed by atoms with E-state index in [2.05, 4.69) is 22.0 Å². The first-order chi connectivity index (χ1) is 9.29. The SMILES string of the molecule is Cc1cc(N2CCCCC2C=O)c2ccccc2n1. The van der Waals surface area contributed by atoms with Gasteiger partial charge in [-0.1, -0.05) is 18.2 Å². The van der Waals surface area contributed by atoms with Gasteiger partial charge in [-0.05, 0) is 38.3 Å². The van der Waals surface area contributed by atoms with Crippen molar-refractivity contribution >= 4 is 22.9 Å². The number of pyridine rings is 1. The molecule has 1 aromatic heterocycles. The molecule has 2 heterocycles. The minimum Gasteiger partial charge on any atom is -0.361 e. The van der Waals surface area contributed by atoms with Crippen LogP contribution in [0.4, 0.5) is 5.69 Å². The Morgan fingerprint density at radius 2 is 2.16 bits per heavy atom. The van der Waals surface area contributed by atoms with Crippen molar-refractivity contribution in [3.05, 3.63) is 36.0 Å². The summed E-state index contributed by atoms with van der Waals surface area (Å²) >= 11 is 0. The molecule has 0 bridgehead atoms. The fraction of sp³-hybridized carbons (Fsp3) is 0.375. The minimum absolute atomic E-state index is 0.0129. The van der Waals surface area contributed by atoms with Gasteiger partial charge in [-0.25, -0.2) is 0 Å². The van der Waals surface area contributed by atoms with E-state index in [0.29, 0.717) is 0 Å². The number of aryl methyl sites for hydroxylation is 1. The Hall–Kier alpha value is -1.90. The van der Waals surface area contributed by atoms with Gasteiger partial charge in [-0.3, -0.25) is 4.98 Å². The van der Waals surface area contributed by atoms with Crippen molar-refractivity contribution in [3.63, 3.8) is 0 Å². The van der Waals surface area contributed by atoms with Crippen LogP contribution in [0, 0.1) is 6.92 Å². The number of hydrogen-bond acceptors (Lipinski definition) is 3. The standard InChI is InChI=1S/C16H18N2O/c1-12-10-16(14-7-2-3-8-15(14)17-12)18-9-5-4-6-13(18)11-19/h2-3,7-8,10-11,13H,4-6,9H2,1H3. The lowest BCUT2D eigenvalue weighted by molar-refractivity contribution is -0.109. The van der Waals surface area contributed by atoms with Crippen molar-refractivity contribution in [2.45, 2.75) is 32.2 Å². The summed E-state index contributed by atoms with van der Waals surface area (Å²) in [7, 11) is 0. The summed E-state index contributed by atoms with van der Waals surface area (Å²) < 4.78 is 0. The van der Waals surface area contributed by atoms with Crippen LogP contribution in [-0.4, -0.2) is 23.9 Å². The third kappa shape index (κ3) is 2.21. The third-order valence-electron chi connectivity index (χ3n) is 3.84. The lowest BCUT2D eigenvalue weighted by Gasteiger charge is -2.35. The van der Waals surface area contributed by atoms with Gasteiger partial charge in [-0.15, -0.1) is 0 Å². The van der Waals surface area contributed by atoms with Crippen molar-refractivity contribution in [2.75, 3.05) is 11.4 Å².